The van der Waals surface area contributed by atoms with Gasteiger partial charge in [0.2, 0.25) is 10.0 Å². The fourth-order valence-electron chi connectivity index (χ4n) is 2.22. The molecule has 1 atom stereocenters. The summed E-state index contributed by atoms with van der Waals surface area (Å²) in [5.74, 6) is 0. The zero-order valence-electron chi connectivity index (χ0n) is 10.7. The fourth-order valence-corrected chi connectivity index (χ4v) is 3.82. The highest BCUT2D eigenvalue weighted by molar-refractivity contribution is 7.89. The lowest BCUT2D eigenvalue weighted by atomic mass is 9.98. The predicted molar refractivity (Wildman–Crippen MR) is 66.6 cm³/mol. The van der Waals surface area contributed by atoms with Gasteiger partial charge in [-0.3, -0.25) is 5.10 Å². The van der Waals surface area contributed by atoms with Gasteiger partial charge in [-0.25, -0.2) is 8.42 Å². The predicted octanol–water partition coefficient (Wildman–Crippen LogP) is 0.644. The van der Waals surface area contributed by atoms with Crippen LogP contribution in [0.2, 0.25) is 0 Å². The Morgan fingerprint density at radius 3 is 2.78 bits per heavy atom. The number of rotatable bonds is 2. The molecule has 6 nitrogen and oxygen atoms in total. The van der Waals surface area contributed by atoms with Crippen molar-refractivity contribution < 1.29 is 13.5 Å². The third kappa shape index (κ3) is 2.57. The van der Waals surface area contributed by atoms with Crippen molar-refractivity contribution in [1.29, 1.82) is 0 Å². The van der Waals surface area contributed by atoms with Gasteiger partial charge in [0.15, 0.2) is 0 Å². The maximum atomic E-state index is 12.4. The fraction of sp³-hybridized carbons (Fsp3) is 0.727. The number of aliphatic hydroxyl groups is 1. The summed E-state index contributed by atoms with van der Waals surface area (Å²) in [7, 11) is -3.49. The topological polar surface area (TPSA) is 86.3 Å². The number of aryl methyl sites for hydroxylation is 1. The van der Waals surface area contributed by atoms with E-state index >= 15 is 0 Å². The molecular weight excluding hydrogens is 254 g/mol. The minimum absolute atomic E-state index is 0.226. The first-order chi connectivity index (χ1) is 8.33. The van der Waals surface area contributed by atoms with E-state index in [1.807, 2.05) is 0 Å². The van der Waals surface area contributed by atoms with Crippen molar-refractivity contribution in [2.75, 3.05) is 13.1 Å². The maximum absolute atomic E-state index is 12.4. The second-order valence-corrected chi connectivity index (χ2v) is 7.02. The number of aromatic amines is 1. The number of aromatic nitrogens is 2. The van der Waals surface area contributed by atoms with Crippen LogP contribution in [0.1, 0.15) is 31.9 Å². The molecule has 1 aromatic rings. The Labute approximate surface area is 107 Å². The van der Waals surface area contributed by atoms with Crippen molar-refractivity contribution in [2.45, 2.75) is 43.6 Å². The zero-order valence-corrected chi connectivity index (χ0v) is 11.5. The maximum Gasteiger partial charge on any atom is 0.246 e. The summed E-state index contributed by atoms with van der Waals surface area (Å²) in [5.41, 5.74) is -0.221. The first kappa shape index (κ1) is 13.5. The Bertz CT molecular complexity index is 521. The Morgan fingerprint density at radius 1 is 1.44 bits per heavy atom. The highest BCUT2D eigenvalue weighted by Gasteiger charge is 2.32. The molecule has 18 heavy (non-hydrogen) atoms. The van der Waals surface area contributed by atoms with Crippen molar-refractivity contribution in [1.82, 2.24) is 14.5 Å². The van der Waals surface area contributed by atoms with Crippen molar-refractivity contribution in [3.63, 3.8) is 0 Å². The number of hydrogen-bond donors (Lipinski definition) is 2. The van der Waals surface area contributed by atoms with Crippen LogP contribution in [0.15, 0.2) is 11.1 Å². The summed E-state index contributed by atoms with van der Waals surface area (Å²) >= 11 is 0. The summed E-state index contributed by atoms with van der Waals surface area (Å²) in [5, 5.41) is 16.4. The number of nitrogens with zero attached hydrogens (tertiary/aromatic N) is 2. The first-order valence-electron chi connectivity index (χ1n) is 6.05. The summed E-state index contributed by atoms with van der Waals surface area (Å²) in [6.07, 6.45) is 3.10. The molecule has 1 unspecified atom stereocenters. The smallest absolute Gasteiger partial charge is 0.246 e. The van der Waals surface area contributed by atoms with E-state index in [2.05, 4.69) is 10.2 Å². The zero-order chi connectivity index (χ0) is 13.4. The molecule has 0 amide bonds. The third-order valence-electron chi connectivity index (χ3n) is 3.42. The molecule has 1 aliphatic rings. The Morgan fingerprint density at radius 2 is 2.17 bits per heavy atom. The van der Waals surface area contributed by atoms with Crippen LogP contribution in [0.4, 0.5) is 0 Å². The molecule has 0 aromatic carbocycles. The van der Waals surface area contributed by atoms with Crippen LogP contribution in [0.5, 0.6) is 0 Å². The van der Waals surface area contributed by atoms with Gasteiger partial charge in [-0.2, -0.15) is 9.40 Å². The Hall–Kier alpha value is -0.920. The molecule has 1 saturated heterocycles. The summed E-state index contributed by atoms with van der Waals surface area (Å²) in [6.45, 7) is 4.24. The molecule has 2 heterocycles. The summed E-state index contributed by atoms with van der Waals surface area (Å²) in [6, 6.07) is 0. The molecule has 102 valence electrons. The van der Waals surface area contributed by atoms with E-state index < -0.39 is 15.6 Å². The molecule has 0 bridgehead atoms. The van der Waals surface area contributed by atoms with Gasteiger partial charge in [0, 0.05) is 13.1 Å². The van der Waals surface area contributed by atoms with Crippen molar-refractivity contribution in [2.24, 2.45) is 0 Å². The lowest BCUT2D eigenvalue weighted by Gasteiger charge is -2.22. The molecule has 2 N–H and O–H groups in total. The largest absolute Gasteiger partial charge is 0.390 e. The Balaban J connectivity index is 2.24. The third-order valence-corrected chi connectivity index (χ3v) is 5.44. The highest BCUT2D eigenvalue weighted by atomic mass is 32.2. The van der Waals surface area contributed by atoms with Gasteiger partial charge in [0.25, 0.3) is 0 Å². The normalized spacial score (nSPS) is 27.1. The molecule has 7 heteroatoms. The van der Waals surface area contributed by atoms with Gasteiger partial charge >= 0.3 is 0 Å². The molecule has 2 rings (SSSR count). The molecule has 1 aromatic heterocycles. The standard InChI is InChI=1S/C11H19N3O3S/c1-9-10(8-12-13-9)18(16,17)14-6-3-4-11(2,15)5-7-14/h8,15H,3-7H2,1-2H3,(H,12,13). The summed E-state index contributed by atoms with van der Waals surface area (Å²) < 4.78 is 26.3. The van der Waals surface area contributed by atoms with Crippen molar-refractivity contribution >= 4 is 10.0 Å². The van der Waals surface area contributed by atoms with E-state index in [4.69, 9.17) is 0 Å². The lowest BCUT2D eigenvalue weighted by Crippen LogP contribution is -2.33. The molecule has 0 spiro atoms. The number of H-pyrrole nitrogens is 1. The minimum atomic E-state index is -3.49. The van der Waals surface area contributed by atoms with Crippen LogP contribution < -0.4 is 0 Å². The monoisotopic (exact) mass is 273 g/mol. The highest BCUT2D eigenvalue weighted by Crippen LogP contribution is 2.26. The van der Waals surface area contributed by atoms with Crippen molar-refractivity contribution in [3.05, 3.63) is 11.9 Å². The van der Waals surface area contributed by atoms with Crippen LogP contribution >= 0.6 is 0 Å². The van der Waals surface area contributed by atoms with E-state index in [0.29, 0.717) is 38.0 Å². The van der Waals surface area contributed by atoms with Crippen molar-refractivity contribution in [3.8, 4) is 0 Å². The van der Waals surface area contributed by atoms with Gasteiger partial charge < -0.3 is 5.11 Å². The number of sulfonamides is 1. The van der Waals surface area contributed by atoms with E-state index in [-0.39, 0.29) is 4.90 Å². The van der Waals surface area contributed by atoms with Gasteiger partial charge in [-0.15, -0.1) is 0 Å². The minimum Gasteiger partial charge on any atom is -0.390 e. The van der Waals surface area contributed by atoms with Gasteiger partial charge in [-0.1, -0.05) is 0 Å². The van der Waals surface area contributed by atoms with E-state index in [0.717, 1.165) is 0 Å². The quantitative estimate of drug-likeness (QED) is 0.828. The lowest BCUT2D eigenvalue weighted by molar-refractivity contribution is 0.0465. The van der Waals surface area contributed by atoms with Gasteiger partial charge in [-0.05, 0) is 33.1 Å². The Kier molecular flexibility index (Phi) is 3.48. The number of nitrogens with one attached hydrogen (secondary N) is 1. The average molecular weight is 273 g/mol. The van der Waals surface area contributed by atoms with Crippen LogP contribution in [0, 0.1) is 6.92 Å². The second-order valence-electron chi connectivity index (χ2n) is 5.11. The van der Waals surface area contributed by atoms with E-state index in [1.54, 1.807) is 13.8 Å². The number of hydrogen-bond acceptors (Lipinski definition) is 4. The van der Waals surface area contributed by atoms with Crippen LogP contribution in [0.25, 0.3) is 0 Å². The molecule has 0 saturated carbocycles. The van der Waals surface area contributed by atoms with Crippen LogP contribution in [0.3, 0.4) is 0 Å². The van der Waals surface area contributed by atoms with Gasteiger partial charge in [0.1, 0.15) is 4.90 Å². The van der Waals surface area contributed by atoms with E-state index in [1.165, 1.54) is 10.5 Å². The molecule has 1 aliphatic heterocycles. The average Bonchev–Trinajstić information content (AvgIpc) is 2.60. The van der Waals surface area contributed by atoms with E-state index in [9.17, 15) is 13.5 Å². The molecule has 1 fully saturated rings. The van der Waals surface area contributed by atoms with Gasteiger partial charge in [0.05, 0.1) is 17.5 Å². The molecular formula is C11H19N3O3S. The molecule has 0 radical (unpaired) electrons. The summed E-state index contributed by atoms with van der Waals surface area (Å²) in [4.78, 5) is 0.226. The first-order valence-corrected chi connectivity index (χ1v) is 7.49. The van der Waals surface area contributed by atoms with Crippen LogP contribution in [-0.2, 0) is 10.0 Å². The van der Waals surface area contributed by atoms with Crippen LogP contribution in [-0.4, -0.2) is 46.7 Å². The SMILES string of the molecule is Cc1[nH]ncc1S(=O)(=O)N1CCCC(C)(O)CC1. The molecule has 0 aliphatic carbocycles. The second kappa shape index (κ2) is 4.64.